The number of amides is 1. The van der Waals surface area contributed by atoms with Crippen LogP contribution in [0.1, 0.15) is 28.8 Å². The summed E-state index contributed by atoms with van der Waals surface area (Å²) in [4.78, 5) is 11.9. The van der Waals surface area contributed by atoms with Crippen molar-refractivity contribution < 1.29 is 9.18 Å². The fourth-order valence-electron chi connectivity index (χ4n) is 2.08. The summed E-state index contributed by atoms with van der Waals surface area (Å²) < 4.78 is 13.1. The fraction of sp³-hybridized carbons (Fsp3) is 0.462. The van der Waals surface area contributed by atoms with E-state index in [4.69, 9.17) is 0 Å². The minimum atomic E-state index is -0.375. The maximum Gasteiger partial charge on any atom is 0.251 e. The summed E-state index contributed by atoms with van der Waals surface area (Å²) in [7, 11) is 0. The summed E-state index contributed by atoms with van der Waals surface area (Å²) in [5.41, 5.74) is 1.21. The summed E-state index contributed by atoms with van der Waals surface area (Å²) in [6.07, 6.45) is 2.24. The van der Waals surface area contributed by atoms with E-state index in [1.807, 2.05) is 6.92 Å². The van der Waals surface area contributed by atoms with Gasteiger partial charge in [0.25, 0.3) is 5.91 Å². The quantitative estimate of drug-likeness (QED) is 0.837. The van der Waals surface area contributed by atoms with Gasteiger partial charge in [-0.2, -0.15) is 0 Å². The Balaban J connectivity index is 1.96. The third kappa shape index (κ3) is 3.03. The van der Waals surface area contributed by atoms with Gasteiger partial charge in [-0.15, -0.1) is 0 Å². The van der Waals surface area contributed by atoms with E-state index >= 15 is 0 Å². The first-order valence-corrected chi connectivity index (χ1v) is 5.94. The minimum absolute atomic E-state index is 0.198. The van der Waals surface area contributed by atoms with Crippen LogP contribution in [0.5, 0.6) is 0 Å². The predicted octanol–water partition coefficient (Wildman–Crippen LogP) is 1.62. The summed E-state index contributed by atoms with van der Waals surface area (Å²) in [6, 6.07) is 4.63. The maximum atomic E-state index is 13.1. The number of benzene rings is 1. The molecule has 0 bridgehead atoms. The molecule has 1 aliphatic rings. The Morgan fingerprint density at radius 2 is 2.41 bits per heavy atom. The molecule has 0 radical (unpaired) electrons. The molecule has 0 aliphatic carbocycles. The molecular weight excluding hydrogens is 219 g/mol. The Kier molecular flexibility index (Phi) is 3.74. The van der Waals surface area contributed by atoms with E-state index < -0.39 is 0 Å². The van der Waals surface area contributed by atoms with Crippen molar-refractivity contribution in [3.05, 3.63) is 35.1 Å². The normalized spacial score (nSPS) is 19.3. The third-order valence-corrected chi connectivity index (χ3v) is 3.12. The highest BCUT2D eigenvalue weighted by Gasteiger charge is 2.16. The van der Waals surface area contributed by atoms with Gasteiger partial charge < -0.3 is 10.6 Å². The number of carbonyl (C=O) groups is 1. The van der Waals surface area contributed by atoms with Crippen molar-refractivity contribution in [3.63, 3.8) is 0 Å². The van der Waals surface area contributed by atoms with Gasteiger partial charge >= 0.3 is 0 Å². The highest BCUT2D eigenvalue weighted by molar-refractivity contribution is 5.95. The number of aryl methyl sites for hydroxylation is 1. The highest BCUT2D eigenvalue weighted by Crippen LogP contribution is 2.10. The molecule has 92 valence electrons. The van der Waals surface area contributed by atoms with Crippen LogP contribution in [0.2, 0.25) is 0 Å². The largest absolute Gasteiger partial charge is 0.350 e. The number of nitrogens with one attached hydrogen (secondary N) is 2. The van der Waals surface area contributed by atoms with E-state index in [0.717, 1.165) is 24.9 Å². The summed E-state index contributed by atoms with van der Waals surface area (Å²) in [5, 5.41) is 6.14. The summed E-state index contributed by atoms with van der Waals surface area (Å²) >= 11 is 0. The molecule has 1 atom stereocenters. The molecule has 1 amide bonds. The predicted molar refractivity (Wildman–Crippen MR) is 64.5 cm³/mol. The zero-order valence-electron chi connectivity index (χ0n) is 9.92. The number of hydrogen-bond acceptors (Lipinski definition) is 2. The van der Waals surface area contributed by atoms with Gasteiger partial charge in [0.15, 0.2) is 0 Å². The van der Waals surface area contributed by atoms with Crippen LogP contribution in [-0.2, 0) is 0 Å². The zero-order valence-corrected chi connectivity index (χ0v) is 9.92. The molecule has 1 saturated heterocycles. The Labute approximate surface area is 100 Å². The van der Waals surface area contributed by atoms with Crippen molar-refractivity contribution in [3.8, 4) is 0 Å². The van der Waals surface area contributed by atoms with Crippen LogP contribution in [0.15, 0.2) is 18.2 Å². The number of hydrogen-bond donors (Lipinski definition) is 2. The Morgan fingerprint density at radius 1 is 1.59 bits per heavy atom. The van der Waals surface area contributed by atoms with Crippen molar-refractivity contribution in [2.75, 3.05) is 13.1 Å². The third-order valence-electron chi connectivity index (χ3n) is 3.12. The second kappa shape index (κ2) is 5.27. The monoisotopic (exact) mass is 236 g/mol. The van der Waals surface area contributed by atoms with E-state index in [2.05, 4.69) is 10.6 Å². The molecule has 3 nitrogen and oxygen atoms in total. The van der Waals surface area contributed by atoms with Crippen LogP contribution in [0.3, 0.4) is 0 Å². The Hall–Kier alpha value is -1.42. The van der Waals surface area contributed by atoms with E-state index in [1.165, 1.54) is 12.1 Å². The SMILES string of the molecule is Cc1ccc(F)cc1C(=O)NCC1CCCN1. The van der Waals surface area contributed by atoms with Crippen molar-refractivity contribution in [1.29, 1.82) is 0 Å². The van der Waals surface area contributed by atoms with Crippen LogP contribution in [-0.4, -0.2) is 25.0 Å². The number of carbonyl (C=O) groups excluding carboxylic acids is 1. The fourth-order valence-corrected chi connectivity index (χ4v) is 2.08. The molecule has 0 saturated carbocycles. The zero-order chi connectivity index (χ0) is 12.3. The summed E-state index contributed by atoms with van der Waals surface area (Å²) in [6.45, 7) is 3.43. The highest BCUT2D eigenvalue weighted by atomic mass is 19.1. The average molecular weight is 236 g/mol. The molecule has 0 aromatic heterocycles. The van der Waals surface area contributed by atoms with Crippen LogP contribution >= 0.6 is 0 Å². The molecule has 1 heterocycles. The van der Waals surface area contributed by atoms with E-state index in [1.54, 1.807) is 6.07 Å². The standard InChI is InChI=1S/C13H17FN2O/c1-9-4-5-10(14)7-12(9)13(17)16-8-11-3-2-6-15-11/h4-5,7,11,15H,2-3,6,8H2,1H3,(H,16,17). The second-order valence-electron chi connectivity index (χ2n) is 4.46. The molecule has 17 heavy (non-hydrogen) atoms. The van der Waals surface area contributed by atoms with Crippen molar-refractivity contribution in [2.45, 2.75) is 25.8 Å². The van der Waals surface area contributed by atoms with Gasteiger partial charge in [0.05, 0.1) is 0 Å². The Bertz CT molecular complexity index is 414. The minimum Gasteiger partial charge on any atom is -0.350 e. The molecule has 1 aromatic rings. The van der Waals surface area contributed by atoms with Gasteiger partial charge in [0, 0.05) is 18.2 Å². The summed E-state index contributed by atoms with van der Waals surface area (Å²) in [5.74, 6) is -0.574. The van der Waals surface area contributed by atoms with Crippen molar-refractivity contribution >= 4 is 5.91 Å². The van der Waals surface area contributed by atoms with Crippen LogP contribution in [0, 0.1) is 12.7 Å². The van der Waals surface area contributed by atoms with Gasteiger partial charge in [-0.1, -0.05) is 6.07 Å². The van der Waals surface area contributed by atoms with Gasteiger partial charge in [-0.25, -0.2) is 4.39 Å². The molecule has 2 rings (SSSR count). The molecule has 2 N–H and O–H groups in total. The van der Waals surface area contributed by atoms with Gasteiger partial charge in [-0.3, -0.25) is 4.79 Å². The molecule has 1 aromatic carbocycles. The van der Waals surface area contributed by atoms with Gasteiger partial charge in [0.1, 0.15) is 5.82 Å². The van der Waals surface area contributed by atoms with E-state index in [9.17, 15) is 9.18 Å². The smallest absolute Gasteiger partial charge is 0.251 e. The van der Waals surface area contributed by atoms with Crippen LogP contribution in [0.25, 0.3) is 0 Å². The first-order valence-electron chi connectivity index (χ1n) is 5.94. The molecule has 0 spiro atoms. The lowest BCUT2D eigenvalue weighted by atomic mass is 10.1. The first kappa shape index (κ1) is 12.0. The van der Waals surface area contributed by atoms with E-state index in [-0.39, 0.29) is 11.7 Å². The van der Waals surface area contributed by atoms with Gasteiger partial charge in [-0.05, 0) is 44.0 Å². The second-order valence-corrected chi connectivity index (χ2v) is 4.46. The van der Waals surface area contributed by atoms with Crippen LogP contribution < -0.4 is 10.6 Å². The molecule has 1 aliphatic heterocycles. The first-order chi connectivity index (χ1) is 8.16. The topological polar surface area (TPSA) is 41.1 Å². The number of rotatable bonds is 3. The van der Waals surface area contributed by atoms with Gasteiger partial charge in [0.2, 0.25) is 0 Å². The molecule has 4 heteroatoms. The van der Waals surface area contributed by atoms with Crippen molar-refractivity contribution in [1.82, 2.24) is 10.6 Å². The van der Waals surface area contributed by atoms with Crippen LogP contribution in [0.4, 0.5) is 4.39 Å². The Morgan fingerprint density at radius 3 is 3.12 bits per heavy atom. The lowest BCUT2D eigenvalue weighted by Crippen LogP contribution is -2.37. The lowest BCUT2D eigenvalue weighted by molar-refractivity contribution is 0.0949. The molecular formula is C13H17FN2O. The molecule has 1 unspecified atom stereocenters. The molecule has 1 fully saturated rings. The number of halogens is 1. The maximum absolute atomic E-state index is 13.1. The van der Waals surface area contributed by atoms with Crippen molar-refractivity contribution in [2.24, 2.45) is 0 Å². The lowest BCUT2D eigenvalue weighted by Gasteiger charge is -2.12. The average Bonchev–Trinajstić information content (AvgIpc) is 2.82. The van der Waals surface area contributed by atoms with E-state index in [0.29, 0.717) is 18.2 Å².